The number of sulfonamides is 1. The number of alkyl halides is 2. The van der Waals surface area contributed by atoms with Crippen LogP contribution in [0.4, 0.5) is 8.78 Å². The van der Waals surface area contributed by atoms with Crippen molar-refractivity contribution in [3.63, 3.8) is 0 Å². The lowest BCUT2D eigenvalue weighted by Crippen LogP contribution is -2.52. The van der Waals surface area contributed by atoms with Crippen LogP contribution in [0.1, 0.15) is 16.7 Å². The first kappa shape index (κ1) is 22.4. The first-order valence-corrected chi connectivity index (χ1v) is 12.1. The molecule has 0 spiro atoms. The fraction of sp³-hybridized carbons (Fsp3) is 0.227. The number of halogens is 2. The molecule has 1 N–H and O–H groups in total. The van der Waals surface area contributed by atoms with Gasteiger partial charge in [-0.25, -0.2) is 8.42 Å². The van der Waals surface area contributed by atoms with Gasteiger partial charge in [0.1, 0.15) is 16.0 Å². The van der Waals surface area contributed by atoms with Crippen LogP contribution < -0.4 is 10.1 Å². The van der Waals surface area contributed by atoms with Gasteiger partial charge in [-0.1, -0.05) is 48.5 Å². The molecule has 1 amide bonds. The van der Waals surface area contributed by atoms with Crippen LogP contribution in [-0.4, -0.2) is 31.3 Å². The number of thiophene rings is 1. The molecule has 6 nitrogen and oxygen atoms in total. The molecule has 32 heavy (non-hydrogen) atoms. The topological polar surface area (TPSA) is 75.7 Å². The predicted octanol–water partition coefficient (Wildman–Crippen LogP) is 3.78. The highest BCUT2D eigenvalue weighted by Crippen LogP contribution is 2.31. The Kier molecular flexibility index (Phi) is 6.54. The van der Waals surface area contributed by atoms with E-state index in [1.54, 1.807) is 29.6 Å². The van der Waals surface area contributed by atoms with E-state index in [1.807, 2.05) is 24.3 Å². The van der Waals surface area contributed by atoms with E-state index in [4.69, 9.17) is 0 Å². The molecule has 0 radical (unpaired) electrons. The van der Waals surface area contributed by atoms with Crippen LogP contribution in [0.2, 0.25) is 0 Å². The fourth-order valence-electron chi connectivity index (χ4n) is 3.66. The molecule has 3 aromatic rings. The van der Waals surface area contributed by atoms with Crippen LogP contribution in [0, 0.1) is 0 Å². The highest BCUT2D eigenvalue weighted by Gasteiger charge is 2.40. The number of ether oxygens (including phenoxy) is 1. The Morgan fingerprint density at radius 1 is 1.09 bits per heavy atom. The third-order valence-corrected chi connectivity index (χ3v) is 8.44. The Labute approximate surface area is 188 Å². The molecule has 0 fully saturated rings. The lowest BCUT2D eigenvalue weighted by molar-refractivity contribution is -0.125. The normalized spacial score (nSPS) is 16.5. The van der Waals surface area contributed by atoms with Gasteiger partial charge in [-0.15, -0.1) is 11.3 Å². The van der Waals surface area contributed by atoms with Crippen LogP contribution in [0.3, 0.4) is 0 Å². The smallest absolute Gasteiger partial charge is 0.387 e. The number of carbonyl (C=O) groups excluding carboxylic acids is 1. The van der Waals surface area contributed by atoms with Crippen LogP contribution in [0.15, 0.2) is 70.3 Å². The summed E-state index contributed by atoms with van der Waals surface area (Å²) in [6.07, 6.45) is 0.210. The number of amides is 1. The molecule has 1 atom stereocenters. The third-order valence-electron chi connectivity index (χ3n) is 5.21. The second kappa shape index (κ2) is 9.35. The van der Waals surface area contributed by atoms with Crippen molar-refractivity contribution in [3.8, 4) is 5.75 Å². The van der Waals surface area contributed by atoms with E-state index in [1.165, 1.54) is 16.4 Å². The largest absolute Gasteiger partial charge is 0.434 e. The number of para-hydroxylation sites is 1. The Morgan fingerprint density at radius 3 is 2.53 bits per heavy atom. The number of nitrogens with zero attached hydrogens (tertiary/aromatic N) is 1. The predicted molar refractivity (Wildman–Crippen MR) is 116 cm³/mol. The lowest BCUT2D eigenvalue weighted by Gasteiger charge is -2.34. The maximum atomic E-state index is 13.3. The molecule has 1 aliphatic heterocycles. The molecule has 10 heteroatoms. The number of fused-ring (bicyclic) bond motifs is 1. The van der Waals surface area contributed by atoms with Crippen LogP contribution in [-0.2, 0) is 34.3 Å². The number of hydrogen-bond acceptors (Lipinski definition) is 5. The summed E-state index contributed by atoms with van der Waals surface area (Å²) in [5, 5.41) is 4.36. The maximum Gasteiger partial charge on any atom is 0.387 e. The van der Waals surface area contributed by atoms with Crippen LogP contribution in [0.5, 0.6) is 5.75 Å². The molecule has 2 aromatic carbocycles. The molecule has 0 unspecified atom stereocenters. The zero-order valence-corrected chi connectivity index (χ0v) is 18.4. The number of benzene rings is 2. The standard InChI is InChI=1S/C22H20F2N2O4S2/c23-22(24)30-19-9-4-3-7-16(19)13-25-21(27)18-12-15-6-1-2-8-17(15)14-26(18)32(28,29)20-10-5-11-31-20/h1-11,18,22H,12-14H2,(H,25,27)/t18-/m0/s1. The van der Waals surface area contributed by atoms with Crippen molar-refractivity contribution in [3.05, 3.63) is 82.7 Å². The van der Waals surface area contributed by atoms with Gasteiger partial charge in [0.05, 0.1) is 0 Å². The van der Waals surface area contributed by atoms with E-state index < -0.39 is 28.6 Å². The second-order valence-electron chi connectivity index (χ2n) is 7.18. The molecule has 2 heterocycles. The number of rotatable bonds is 7. The van der Waals surface area contributed by atoms with E-state index >= 15 is 0 Å². The van der Waals surface area contributed by atoms with Gasteiger partial charge >= 0.3 is 6.61 Å². The van der Waals surface area contributed by atoms with Crippen molar-refractivity contribution < 1.29 is 26.7 Å². The SMILES string of the molecule is O=C(NCc1ccccc1OC(F)F)[C@@H]1Cc2ccccc2CN1S(=O)(=O)c1cccs1. The fourth-order valence-corrected chi connectivity index (χ4v) is 6.35. The molecule has 0 aliphatic carbocycles. The van der Waals surface area contributed by atoms with E-state index in [9.17, 15) is 22.0 Å². The monoisotopic (exact) mass is 478 g/mol. The molecule has 4 rings (SSSR count). The first-order chi connectivity index (χ1) is 15.4. The Bertz CT molecular complexity index is 1200. The summed E-state index contributed by atoms with van der Waals surface area (Å²) in [5.41, 5.74) is 2.10. The van der Waals surface area contributed by atoms with Gasteiger partial charge in [-0.05, 0) is 35.1 Å². The Balaban J connectivity index is 1.59. The first-order valence-electron chi connectivity index (χ1n) is 9.79. The summed E-state index contributed by atoms with van der Waals surface area (Å²) in [6, 6.07) is 15.7. The summed E-state index contributed by atoms with van der Waals surface area (Å²) >= 11 is 1.09. The minimum Gasteiger partial charge on any atom is -0.434 e. The summed E-state index contributed by atoms with van der Waals surface area (Å²) < 4.78 is 57.8. The van der Waals surface area contributed by atoms with Crippen molar-refractivity contribution in [1.29, 1.82) is 0 Å². The van der Waals surface area contributed by atoms with E-state index in [0.717, 1.165) is 22.5 Å². The summed E-state index contributed by atoms with van der Waals surface area (Å²) in [4.78, 5) is 13.1. The molecule has 0 bridgehead atoms. The molecule has 1 aliphatic rings. The van der Waals surface area contributed by atoms with E-state index in [2.05, 4.69) is 10.1 Å². The zero-order chi connectivity index (χ0) is 22.7. The van der Waals surface area contributed by atoms with Gasteiger partial charge in [0, 0.05) is 18.7 Å². The molecule has 168 valence electrons. The van der Waals surface area contributed by atoms with E-state index in [-0.39, 0.29) is 29.5 Å². The van der Waals surface area contributed by atoms with Crippen molar-refractivity contribution in [2.45, 2.75) is 36.4 Å². The second-order valence-corrected chi connectivity index (χ2v) is 10.2. The average Bonchev–Trinajstić information content (AvgIpc) is 3.33. The van der Waals surface area contributed by atoms with Gasteiger partial charge in [0.15, 0.2) is 0 Å². The lowest BCUT2D eigenvalue weighted by atomic mass is 9.95. The van der Waals surface area contributed by atoms with Crippen molar-refractivity contribution in [2.24, 2.45) is 0 Å². The Morgan fingerprint density at radius 2 is 1.81 bits per heavy atom. The Hall–Kier alpha value is -2.82. The summed E-state index contributed by atoms with van der Waals surface area (Å²) in [7, 11) is -3.90. The average molecular weight is 479 g/mol. The molecule has 0 saturated heterocycles. The molecular formula is C22H20F2N2O4S2. The van der Waals surface area contributed by atoms with Crippen molar-refractivity contribution >= 4 is 27.3 Å². The van der Waals surface area contributed by atoms with Gasteiger partial charge in [0.2, 0.25) is 5.91 Å². The molecule has 1 aromatic heterocycles. The van der Waals surface area contributed by atoms with E-state index in [0.29, 0.717) is 5.56 Å². The zero-order valence-electron chi connectivity index (χ0n) is 16.8. The van der Waals surface area contributed by atoms with Crippen LogP contribution in [0.25, 0.3) is 0 Å². The number of carbonyl (C=O) groups is 1. The minimum absolute atomic E-state index is 0.0418. The van der Waals surface area contributed by atoms with Gasteiger partial charge in [0.25, 0.3) is 10.0 Å². The van der Waals surface area contributed by atoms with Crippen LogP contribution >= 0.6 is 11.3 Å². The third kappa shape index (κ3) is 4.67. The van der Waals surface area contributed by atoms with Gasteiger partial charge in [-0.2, -0.15) is 13.1 Å². The minimum atomic E-state index is -3.90. The maximum absolute atomic E-state index is 13.3. The summed E-state index contributed by atoms with van der Waals surface area (Å²) in [5.74, 6) is -0.550. The molecular weight excluding hydrogens is 458 g/mol. The van der Waals surface area contributed by atoms with Crippen molar-refractivity contribution in [1.82, 2.24) is 9.62 Å². The number of nitrogens with one attached hydrogen (secondary N) is 1. The molecule has 0 saturated carbocycles. The van der Waals surface area contributed by atoms with Gasteiger partial charge < -0.3 is 10.1 Å². The highest BCUT2D eigenvalue weighted by molar-refractivity contribution is 7.91. The summed E-state index contributed by atoms with van der Waals surface area (Å²) in [6.45, 7) is -3.00. The quantitative estimate of drug-likeness (QED) is 0.561. The van der Waals surface area contributed by atoms with Gasteiger partial charge in [-0.3, -0.25) is 4.79 Å². The van der Waals surface area contributed by atoms with Crippen molar-refractivity contribution in [2.75, 3.05) is 0 Å². The number of hydrogen-bond donors (Lipinski definition) is 1. The highest BCUT2D eigenvalue weighted by atomic mass is 32.2.